The highest BCUT2D eigenvalue weighted by Gasteiger charge is 2.40. The molecule has 0 spiro atoms. The molecule has 3 nitrogen and oxygen atoms in total. The molecule has 1 aromatic rings. The number of pyridine rings is 1. The van der Waals surface area contributed by atoms with E-state index in [1.807, 2.05) is 12.1 Å². The van der Waals surface area contributed by atoms with Gasteiger partial charge in [0.2, 0.25) is 0 Å². The fraction of sp³-hybridized carbons (Fsp3) is 0.500. The van der Waals surface area contributed by atoms with E-state index in [4.69, 9.17) is 0 Å². The number of nitrogens with zero attached hydrogens (tertiary/aromatic N) is 2. The SMILES string of the molecule is O=C1[C@@H]2CC[C@H]1CN(c1cc(Br)ccn1)C2. The molecule has 1 aliphatic carbocycles. The van der Waals surface area contributed by atoms with Crippen molar-refractivity contribution < 1.29 is 4.79 Å². The van der Waals surface area contributed by atoms with E-state index in [1.54, 1.807) is 6.20 Å². The van der Waals surface area contributed by atoms with Crippen LogP contribution >= 0.6 is 15.9 Å². The van der Waals surface area contributed by atoms with Gasteiger partial charge in [-0.1, -0.05) is 15.9 Å². The van der Waals surface area contributed by atoms with Crippen molar-refractivity contribution in [3.8, 4) is 0 Å². The van der Waals surface area contributed by atoms with Gasteiger partial charge in [-0.3, -0.25) is 4.79 Å². The van der Waals surface area contributed by atoms with Gasteiger partial charge in [0.25, 0.3) is 0 Å². The summed E-state index contributed by atoms with van der Waals surface area (Å²) in [6.07, 6.45) is 3.93. The summed E-state index contributed by atoms with van der Waals surface area (Å²) in [6.45, 7) is 1.69. The number of halogens is 1. The van der Waals surface area contributed by atoms with Crippen molar-refractivity contribution in [2.75, 3.05) is 18.0 Å². The number of ketones is 1. The molecule has 1 saturated heterocycles. The molecule has 1 saturated carbocycles. The Hall–Kier alpha value is -0.900. The summed E-state index contributed by atoms with van der Waals surface area (Å²) < 4.78 is 1.04. The number of anilines is 1. The second-order valence-electron chi connectivity index (χ2n) is 4.61. The Bertz CT molecular complexity index is 419. The Morgan fingerprint density at radius 1 is 1.31 bits per heavy atom. The predicted molar refractivity (Wildman–Crippen MR) is 65.4 cm³/mol. The lowest BCUT2D eigenvalue weighted by molar-refractivity contribution is -0.124. The van der Waals surface area contributed by atoms with E-state index in [0.29, 0.717) is 5.78 Å². The zero-order valence-corrected chi connectivity index (χ0v) is 10.5. The summed E-state index contributed by atoms with van der Waals surface area (Å²) in [6, 6.07) is 3.95. The summed E-state index contributed by atoms with van der Waals surface area (Å²) in [5.74, 6) is 1.96. The van der Waals surface area contributed by atoms with Crippen LogP contribution in [-0.2, 0) is 4.79 Å². The molecule has 0 radical (unpaired) electrons. The van der Waals surface area contributed by atoms with Gasteiger partial charge in [-0.05, 0) is 25.0 Å². The van der Waals surface area contributed by atoms with Crippen LogP contribution in [0.4, 0.5) is 5.82 Å². The van der Waals surface area contributed by atoms with Gasteiger partial charge in [0.15, 0.2) is 0 Å². The first-order valence-corrected chi connectivity index (χ1v) is 6.43. The molecular weight excluding hydrogens is 268 g/mol. The molecule has 84 valence electrons. The molecule has 2 atom stereocenters. The van der Waals surface area contributed by atoms with Crippen molar-refractivity contribution in [1.82, 2.24) is 4.98 Å². The van der Waals surface area contributed by atoms with Gasteiger partial charge in [-0.25, -0.2) is 4.98 Å². The van der Waals surface area contributed by atoms with Gasteiger partial charge in [0.1, 0.15) is 11.6 Å². The fourth-order valence-corrected chi connectivity index (χ4v) is 3.07. The molecule has 1 aromatic heterocycles. The van der Waals surface area contributed by atoms with Crippen LogP contribution < -0.4 is 4.90 Å². The van der Waals surface area contributed by atoms with E-state index in [9.17, 15) is 4.79 Å². The van der Waals surface area contributed by atoms with Crippen LogP contribution in [0.25, 0.3) is 0 Å². The molecule has 16 heavy (non-hydrogen) atoms. The maximum Gasteiger partial charge on any atom is 0.142 e. The van der Waals surface area contributed by atoms with Gasteiger partial charge >= 0.3 is 0 Å². The third-order valence-electron chi connectivity index (χ3n) is 3.58. The minimum atomic E-state index is 0.250. The van der Waals surface area contributed by atoms with Crippen LogP contribution in [0.3, 0.4) is 0 Å². The molecule has 4 heteroatoms. The summed E-state index contributed by atoms with van der Waals surface area (Å²) >= 11 is 3.45. The molecule has 0 N–H and O–H groups in total. The highest BCUT2D eigenvalue weighted by Crippen LogP contribution is 2.35. The average Bonchev–Trinajstić information content (AvgIpc) is 2.53. The Morgan fingerprint density at radius 3 is 2.62 bits per heavy atom. The van der Waals surface area contributed by atoms with E-state index in [0.717, 1.165) is 36.2 Å². The number of hydrogen-bond donors (Lipinski definition) is 0. The van der Waals surface area contributed by atoms with E-state index < -0.39 is 0 Å². The van der Waals surface area contributed by atoms with Crippen LogP contribution in [0.1, 0.15) is 12.8 Å². The molecule has 3 rings (SSSR count). The number of fused-ring (bicyclic) bond motifs is 2. The third-order valence-corrected chi connectivity index (χ3v) is 4.07. The minimum absolute atomic E-state index is 0.250. The molecule has 2 heterocycles. The van der Waals surface area contributed by atoms with Crippen molar-refractivity contribution in [3.05, 3.63) is 22.8 Å². The molecule has 0 unspecified atom stereocenters. The first kappa shape index (κ1) is 10.3. The molecule has 2 bridgehead atoms. The first-order chi connectivity index (χ1) is 7.74. The van der Waals surface area contributed by atoms with Gasteiger partial charge in [0, 0.05) is 35.6 Å². The van der Waals surface area contributed by atoms with E-state index in [2.05, 4.69) is 25.8 Å². The van der Waals surface area contributed by atoms with Crippen molar-refractivity contribution in [2.45, 2.75) is 12.8 Å². The first-order valence-electron chi connectivity index (χ1n) is 5.64. The summed E-state index contributed by atoms with van der Waals surface area (Å²) in [4.78, 5) is 18.4. The summed E-state index contributed by atoms with van der Waals surface area (Å²) in [5, 5.41) is 0. The Balaban J connectivity index is 1.85. The number of rotatable bonds is 1. The maximum atomic E-state index is 11.8. The highest BCUT2D eigenvalue weighted by molar-refractivity contribution is 9.10. The summed E-state index contributed by atoms with van der Waals surface area (Å²) in [5.41, 5.74) is 0. The quantitative estimate of drug-likeness (QED) is 0.791. The van der Waals surface area contributed by atoms with E-state index >= 15 is 0 Å². The lowest BCUT2D eigenvalue weighted by atomic mass is 9.97. The average molecular weight is 281 g/mol. The number of carbonyl (C=O) groups excluding carboxylic acids is 1. The van der Waals surface area contributed by atoms with Crippen LogP contribution in [0, 0.1) is 11.8 Å². The predicted octanol–water partition coefficient (Wildman–Crippen LogP) is 2.26. The minimum Gasteiger partial charge on any atom is -0.355 e. The lowest BCUT2D eigenvalue weighted by Crippen LogP contribution is -2.42. The van der Waals surface area contributed by atoms with Gasteiger partial charge in [-0.15, -0.1) is 0 Å². The standard InChI is InChI=1S/C12H13BrN2O/c13-10-3-4-14-11(5-10)15-6-8-1-2-9(7-15)12(8)16/h3-5,8-9H,1-2,6-7H2/t8-,9+. The van der Waals surface area contributed by atoms with Gasteiger partial charge in [-0.2, -0.15) is 0 Å². The molecular formula is C12H13BrN2O. The normalized spacial score (nSPS) is 28.6. The molecule has 0 amide bonds. The van der Waals surface area contributed by atoms with Crippen molar-refractivity contribution in [1.29, 1.82) is 0 Å². The van der Waals surface area contributed by atoms with Crippen LogP contribution in [0.5, 0.6) is 0 Å². The molecule has 0 aromatic carbocycles. The van der Waals surface area contributed by atoms with Crippen LogP contribution in [0.15, 0.2) is 22.8 Å². The Labute approximate surface area is 103 Å². The number of aromatic nitrogens is 1. The molecule has 1 aliphatic heterocycles. The van der Waals surface area contributed by atoms with Crippen molar-refractivity contribution >= 4 is 27.5 Å². The topological polar surface area (TPSA) is 33.2 Å². The fourth-order valence-electron chi connectivity index (χ4n) is 2.74. The van der Waals surface area contributed by atoms with Crippen molar-refractivity contribution in [3.63, 3.8) is 0 Å². The second kappa shape index (κ2) is 3.84. The Morgan fingerprint density at radius 2 is 2.00 bits per heavy atom. The number of hydrogen-bond acceptors (Lipinski definition) is 3. The van der Waals surface area contributed by atoms with Crippen LogP contribution in [-0.4, -0.2) is 23.9 Å². The van der Waals surface area contributed by atoms with E-state index in [1.165, 1.54) is 0 Å². The largest absolute Gasteiger partial charge is 0.355 e. The number of Topliss-reactive ketones (excluding diaryl/α,β-unsaturated/α-hetero) is 1. The molecule has 2 aliphatic rings. The smallest absolute Gasteiger partial charge is 0.142 e. The summed E-state index contributed by atoms with van der Waals surface area (Å²) in [7, 11) is 0. The zero-order valence-electron chi connectivity index (χ0n) is 8.90. The highest BCUT2D eigenvalue weighted by atomic mass is 79.9. The maximum absolute atomic E-state index is 11.8. The van der Waals surface area contributed by atoms with Crippen LogP contribution in [0.2, 0.25) is 0 Å². The lowest BCUT2D eigenvalue weighted by Gasteiger charge is -2.31. The number of carbonyl (C=O) groups is 1. The van der Waals surface area contributed by atoms with Gasteiger partial charge < -0.3 is 4.90 Å². The third kappa shape index (κ3) is 1.65. The Kier molecular flexibility index (Phi) is 2.46. The van der Waals surface area contributed by atoms with Gasteiger partial charge in [0.05, 0.1) is 0 Å². The van der Waals surface area contributed by atoms with E-state index in [-0.39, 0.29) is 11.8 Å². The monoisotopic (exact) mass is 280 g/mol. The number of piperidine rings is 1. The zero-order chi connectivity index (χ0) is 11.1. The van der Waals surface area contributed by atoms with Crippen molar-refractivity contribution in [2.24, 2.45) is 11.8 Å². The second-order valence-corrected chi connectivity index (χ2v) is 5.53. The molecule has 2 fully saturated rings.